The van der Waals surface area contributed by atoms with E-state index >= 15 is 0 Å². The maximum Gasteiger partial charge on any atom is 0.226 e. The van der Waals surface area contributed by atoms with Crippen molar-refractivity contribution in [3.05, 3.63) is 138 Å². The summed E-state index contributed by atoms with van der Waals surface area (Å²) in [6.45, 7) is 5.99. The number of benzene rings is 5. The minimum atomic E-state index is -0.171. The summed E-state index contributed by atoms with van der Waals surface area (Å²) in [5.74, 6) is 0.117. The number of amides is 1. The van der Waals surface area contributed by atoms with E-state index in [9.17, 15) is 4.79 Å². The Morgan fingerprint density at radius 1 is 0.923 bits per heavy atom. The van der Waals surface area contributed by atoms with Crippen molar-refractivity contribution in [3.63, 3.8) is 0 Å². The van der Waals surface area contributed by atoms with E-state index in [-0.39, 0.29) is 24.3 Å². The van der Waals surface area contributed by atoms with E-state index in [4.69, 9.17) is 17.5 Å². The zero-order valence-electron chi connectivity index (χ0n) is 30.2. The summed E-state index contributed by atoms with van der Waals surface area (Å²) < 4.78 is 1.98. The maximum absolute atomic E-state index is 13.8. The van der Waals surface area contributed by atoms with E-state index in [1.165, 1.54) is 10.8 Å². The van der Waals surface area contributed by atoms with Crippen LogP contribution in [0.25, 0.3) is 21.5 Å². The van der Waals surface area contributed by atoms with E-state index in [2.05, 4.69) is 138 Å². The molecule has 2 N–H and O–H groups in total. The van der Waals surface area contributed by atoms with Gasteiger partial charge in [0.1, 0.15) is 0 Å². The first-order valence-corrected chi connectivity index (χ1v) is 18.1. The van der Waals surface area contributed by atoms with Crippen molar-refractivity contribution in [1.29, 1.82) is 5.26 Å². The van der Waals surface area contributed by atoms with Crippen LogP contribution in [0.15, 0.2) is 116 Å². The number of imidazole rings is 1. The molecule has 0 aliphatic carbocycles. The van der Waals surface area contributed by atoms with E-state index in [0.717, 1.165) is 45.4 Å². The van der Waals surface area contributed by atoms with Gasteiger partial charge in [0.05, 0.1) is 24.4 Å². The lowest BCUT2D eigenvalue weighted by Gasteiger charge is -2.34. The number of anilines is 2. The average Bonchev–Trinajstić information content (AvgIpc) is 3.59. The highest BCUT2D eigenvalue weighted by Gasteiger charge is 2.25. The van der Waals surface area contributed by atoms with Gasteiger partial charge >= 0.3 is 0 Å². The smallest absolute Gasteiger partial charge is 0.226 e. The van der Waals surface area contributed by atoms with E-state index in [0.29, 0.717) is 30.3 Å². The standard InChI is InChI=1S/C43H45N7OS/c1-5-30(2)40(46-42(51)23-35-25-45-29-50(35)26-32-19-17-31(24-44)18-20-32)28-49(27-34-13-10-12-33-11-6-7-14-36(33)34)43(52)47-39-21-22-41(48(3)4)38-16-9-8-15-37(38)39/h6-22,25,29-30,40H,5,23,26-28H2,1-4H3,(H,46,51)(H,47,52)/t30-,40+/m0/s1. The summed E-state index contributed by atoms with van der Waals surface area (Å²) in [7, 11) is 4.11. The van der Waals surface area contributed by atoms with Crippen LogP contribution in [-0.2, 0) is 24.3 Å². The van der Waals surface area contributed by atoms with Gasteiger partial charge in [-0.3, -0.25) is 4.79 Å². The van der Waals surface area contributed by atoms with Gasteiger partial charge in [-0.25, -0.2) is 4.98 Å². The van der Waals surface area contributed by atoms with Gasteiger partial charge in [-0.05, 0) is 64.3 Å². The molecule has 1 amide bonds. The molecule has 0 spiro atoms. The molecule has 0 unspecified atom stereocenters. The summed E-state index contributed by atoms with van der Waals surface area (Å²) in [5.41, 5.74) is 5.71. The molecule has 0 saturated heterocycles. The lowest BCUT2D eigenvalue weighted by atomic mass is 9.97. The topological polar surface area (TPSA) is 89.2 Å². The Bertz CT molecular complexity index is 2210. The van der Waals surface area contributed by atoms with E-state index in [1.807, 2.05) is 16.7 Å². The Morgan fingerprint density at radius 3 is 2.37 bits per heavy atom. The minimum Gasteiger partial charge on any atom is -0.377 e. The van der Waals surface area contributed by atoms with Gasteiger partial charge in [0.25, 0.3) is 0 Å². The molecule has 6 aromatic rings. The number of thiocarbonyl (C=S) groups is 1. The van der Waals surface area contributed by atoms with E-state index in [1.54, 1.807) is 24.7 Å². The molecule has 5 aromatic carbocycles. The number of hydrogen-bond acceptors (Lipinski definition) is 5. The number of carbonyl (C=O) groups excluding carboxylic acids is 1. The molecule has 2 atom stereocenters. The first-order valence-electron chi connectivity index (χ1n) is 17.7. The number of nitrogens with zero attached hydrogens (tertiary/aromatic N) is 5. The second-order valence-corrected chi connectivity index (χ2v) is 14.0. The fourth-order valence-electron chi connectivity index (χ4n) is 6.66. The zero-order valence-corrected chi connectivity index (χ0v) is 31.0. The largest absolute Gasteiger partial charge is 0.377 e. The van der Waals surface area contributed by atoms with Gasteiger partial charge in [-0.15, -0.1) is 0 Å². The van der Waals surface area contributed by atoms with Crippen molar-refractivity contribution in [1.82, 2.24) is 19.8 Å². The van der Waals surface area contributed by atoms with Crippen molar-refractivity contribution in [2.24, 2.45) is 5.92 Å². The lowest BCUT2D eigenvalue weighted by Crippen LogP contribution is -2.50. The number of nitrogens with one attached hydrogen (secondary N) is 2. The highest BCUT2D eigenvalue weighted by molar-refractivity contribution is 7.80. The number of fused-ring (bicyclic) bond motifs is 2. The Hall–Kier alpha value is -5.72. The Morgan fingerprint density at radius 2 is 1.63 bits per heavy atom. The van der Waals surface area contributed by atoms with Crippen molar-refractivity contribution < 1.29 is 4.79 Å². The van der Waals surface area contributed by atoms with Gasteiger partial charge in [-0.1, -0.05) is 99.1 Å². The summed E-state index contributed by atoms with van der Waals surface area (Å²) >= 11 is 6.23. The van der Waals surface area contributed by atoms with Gasteiger partial charge in [0.2, 0.25) is 5.91 Å². The Balaban J connectivity index is 1.26. The summed E-state index contributed by atoms with van der Waals surface area (Å²) in [4.78, 5) is 22.4. The molecule has 6 rings (SSSR count). The number of carbonyl (C=O) groups is 1. The molecule has 0 radical (unpaired) electrons. The number of aromatic nitrogens is 2. The van der Waals surface area contributed by atoms with Crippen LogP contribution in [0.4, 0.5) is 11.4 Å². The molecule has 0 saturated carbocycles. The Labute approximate surface area is 311 Å². The molecular weight excluding hydrogens is 663 g/mol. The third kappa shape index (κ3) is 8.42. The zero-order chi connectivity index (χ0) is 36.6. The highest BCUT2D eigenvalue weighted by Crippen LogP contribution is 2.32. The summed E-state index contributed by atoms with van der Waals surface area (Å²) in [6, 6.07) is 36.8. The van der Waals surface area contributed by atoms with Crippen LogP contribution in [-0.4, -0.2) is 52.2 Å². The second-order valence-electron chi connectivity index (χ2n) is 13.6. The molecular formula is C43H45N7OS. The number of rotatable bonds is 13. The van der Waals surface area contributed by atoms with Crippen molar-refractivity contribution in [2.75, 3.05) is 30.9 Å². The van der Waals surface area contributed by atoms with Crippen LogP contribution in [0.2, 0.25) is 0 Å². The van der Waals surface area contributed by atoms with Crippen LogP contribution in [0.5, 0.6) is 0 Å². The van der Waals surface area contributed by atoms with Crippen LogP contribution < -0.4 is 15.5 Å². The van der Waals surface area contributed by atoms with Crippen LogP contribution in [0.1, 0.15) is 42.7 Å². The lowest BCUT2D eigenvalue weighted by molar-refractivity contribution is -0.121. The van der Waals surface area contributed by atoms with Gasteiger partial charge in [-0.2, -0.15) is 5.26 Å². The first kappa shape index (κ1) is 36.1. The predicted octanol–water partition coefficient (Wildman–Crippen LogP) is 8.15. The molecule has 8 nitrogen and oxygen atoms in total. The van der Waals surface area contributed by atoms with Crippen LogP contribution >= 0.6 is 12.2 Å². The van der Waals surface area contributed by atoms with Crippen molar-refractivity contribution in [3.8, 4) is 6.07 Å². The van der Waals surface area contributed by atoms with Crippen molar-refractivity contribution in [2.45, 2.75) is 45.8 Å². The second kappa shape index (κ2) is 16.5. The molecule has 0 aliphatic rings. The predicted molar refractivity (Wildman–Crippen MR) is 216 cm³/mol. The molecule has 9 heteroatoms. The van der Waals surface area contributed by atoms with Crippen molar-refractivity contribution >= 4 is 56.2 Å². The molecule has 0 fully saturated rings. The van der Waals surface area contributed by atoms with Crippen LogP contribution in [0.3, 0.4) is 0 Å². The van der Waals surface area contributed by atoms with Gasteiger partial charge in [0, 0.05) is 73.8 Å². The third-order valence-corrected chi connectivity index (χ3v) is 10.2. The van der Waals surface area contributed by atoms with E-state index < -0.39 is 0 Å². The molecule has 264 valence electrons. The SMILES string of the molecule is CC[C@H](C)[C@@H](CN(Cc1cccc2ccccc12)C(=S)Nc1ccc(N(C)C)c2ccccc12)NC(=O)Cc1cncn1Cc1ccc(C#N)cc1. The monoisotopic (exact) mass is 707 g/mol. The van der Waals surface area contributed by atoms with Crippen LogP contribution in [0, 0.1) is 17.2 Å². The normalized spacial score (nSPS) is 12.2. The fraction of sp³-hybridized carbons (Fsp3) is 0.256. The first-order chi connectivity index (χ1) is 25.2. The molecule has 0 bridgehead atoms. The third-order valence-electron chi connectivity index (χ3n) is 9.82. The molecule has 0 aliphatic heterocycles. The van der Waals surface area contributed by atoms with Gasteiger partial charge < -0.3 is 25.0 Å². The minimum absolute atomic E-state index is 0.0684. The highest BCUT2D eigenvalue weighted by atomic mass is 32.1. The quantitative estimate of drug-likeness (QED) is 0.117. The summed E-state index contributed by atoms with van der Waals surface area (Å²) in [6.07, 6.45) is 4.58. The Kier molecular flexibility index (Phi) is 11.5. The van der Waals surface area contributed by atoms with Gasteiger partial charge in [0.15, 0.2) is 5.11 Å². The number of nitriles is 1. The molecule has 1 heterocycles. The summed E-state index contributed by atoms with van der Waals surface area (Å²) in [5, 5.41) is 21.3. The maximum atomic E-state index is 13.8. The number of hydrogen-bond donors (Lipinski definition) is 2. The molecule has 1 aromatic heterocycles. The average molecular weight is 708 g/mol. The molecule has 52 heavy (non-hydrogen) atoms. The fourth-order valence-corrected chi connectivity index (χ4v) is 6.91.